The smallest absolute Gasteiger partial charge is 0.255 e. The number of aliphatic hydroxyl groups excluding tert-OH is 1. The van der Waals surface area contributed by atoms with Gasteiger partial charge in [-0.25, -0.2) is 0 Å². The third kappa shape index (κ3) is 4.83. The highest BCUT2D eigenvalue weighted by molar-refractivity contribution is 6.39. The molecule has 0 spiro atoms. The minimum Gasteiger partial charge on any atom is -0.493 e. The van der Waals surface area contributed by atoms with Gasteiger partial charge in [-0.1, -0.05) is 23.2 Å². The highest BCUT2D eigenvalue weighted by atomic mass is 35.5. The van der Waals surface area contributed by atoms with Gasteiger partial charge >= 0.3 is 0 Å². The van der Waals surface area contributed by atoms with Crippen LogP contribution in [0.1, 0.15) is 36.0 Å². The molecule has 8 heteroatoms. The fourth-order valence-electron chi connectivity index (χ4n) is 2.97. The lowest BCUT2D eigenvalue weighted by atomic mass is 9.95. The minimum absolute atomic E-state index is 0.0234. The van der Waals surface area contributed by atoms with E-state index in [9.17, 15) is 9.90 Å². The predicted octanol–water partition coefficient (Wildman–Crippen LogP) is 4.33. The summed E-state index contributed by atoms with van der Waals surface area (Å²) in [6.45, 7) is 0. The van der Waals surface area contributed by atoms with E-state index in [-0.39, 0.29) is 28.2 Å². The Bertz CT molecular complexity index is 803. The monoisotopic (exact) mass is 410 g/mol. The van der Waals surface area contributed by atoms with E-state index in [1.165, 1.54) is 12.4 Å². The first-order valence-corrected chi connectivity index (χ1v) is 9.36. The number of nitrogens with one attached hydrogen (secondary N) is 1. The maximum Gasteiger partial charge on any atom is 0.255 e. The summed E-state index contributed by atoms with van der Waals surface area (Å²) in [6.07, 6.45) is 5.43. The number of hydrogen-bond donors (Lipinski definition) is 2. The number of nitrogens with zero attached hydrogens (tertiary/aromatic N) is 1. The number of ether oxygens (including phenoxy) is 2. The molecule has 1 saturated carbocycles. The Balaban J connectivity index is 1.78. The summed E-state index contributed by atoms with van der Waals surface area (Å²) in [6, 6.07) is 4.94. The number of hydrogen-bond acceptors (Lipinski definition) is 5. The first kappa shape index (κ1) is 19.7. The van der Waals surface area contributed by atoms with Crippen LogP contribution in [0.2, 0.25) is 10.0 Å². The lowest BCUT2D eigenvalue weighted by Crippen LogP contribution is -2.26. The highest BCUT2D eigenvalue weighted by Crippen LogP contribution is 2.33. The van der Waals surface area contributed by atoms with Crippen LogP contribution in [0.25, 0.3) is 0 Å². The van der Waals surface area contributed by atoms with E-state index in [1.54, 1.807) is 25.3 Å². The van der Waals surface area contributed by atoms with Crippen molar-refractivity contribution in [3.8, 4) is 11.5 Å². The van der Waals surface area contributed by atoms with Gasteiger partial charge in [0, 0.05) is 18.0 Å². The molecule has 0 saturated heterocycles. The summed E-state index contributed by atoms with van der Waals surface area (Å²) >= 11 is 12.1. The van der Waals surface area contributed by atoms with E-state index < -0.39 is 0 Å². The quantitative estimate of drug-likeness (QED) is 0.766. The molecular formula is C19H20Cl2N2O4. The molecular weight excluding hydrogens is 391 g/mol. The zero-order valence-corrected chi connectivity index (χ0v) is 16.3. The molecule has 1 aromatic heterocycles. The van der Waals surface area contributed by atoms with Crippen molar-refractivity contribution in [2.45, 2.75) is 37.9 Å². The lowest BCUT2D eigenvalue weighted by molar-refractivity contribution is 0.0652. The maximum absolute atomic E-state index is 12.6. The Hall–Kier alpha value is -2.02. The highest BCUT2D eigenvalue weighted by Gasteiger charge is 2.22. The maximum atomic E-state index is 12.6. The van der Waals surface area contributed by atoms with Crippen LogP contribution in [0.15, 0.2) is 30.6 Å². The Morgan fingerprint density at radius 1 is 1.15 bits per heavy atom. The molecule has 0 radical (unpaired) electrons. The first-order valence-electron chi connectivity index (χ1n) is 8.61. The number of carbonyl (C=O) groups excluding carboxylic acids is 1. The van der Waals surface area contributed by atoms with Gasteiger partial charge in [0.15, 0.2) is 11.5 Å². The summed E-state index contributed by atoms with van der Waals surface area (Å²) in [5.41, 5.74) is 0.684. The van der Waals surface area contributed by atoms with Gasteiger partial charge in [0.05, 0.1) is 35.1 Å². The van der Waals surface area contributed by atoms with Gasteiger partial charge in [-0.15, -0.1) is 0 Å². The number of methoxy groups -OCH3 is 1. The molecule has 1 aliphatic rings. The molecule has 27 heavy (non-hydrogen) atoms. The second-order valence-corrected chi connectivity index (χ2v) is 7.16. The number of benzene rings is 1. The standard InChI is InChI=1S/C19H20Cl2N2O4/c1-26-16-7-2-11(8-17(16)27-13-5-3-12(24)4-6-13)19(25)23-18-14(20)9-22-10-15(18)21/h2,7-10,12-13,24H,3-6H2,1H3,(H,22,23,25). The first-order chi connectivity index (χ1) is 13.0. The molecule has 1 aromatic carbocycles. The van der Waals surface area contributed by atoms with Crippen molar-refractivity contribution in [1.82, 2.24) is 4.98 Å². The number of aliphatic hydroxyl groups is 1. The number of halogens is 2. The average Bonchev–Trinajstić information content (AvgIpc) is 2.66. The van der Waals surface area contributed by atoms with Gasteiger partial charge in [-0.3, -0.25) is 9.78 Å². The summed E-state index contributed by atoms with van der Waals surface area (Å²) in [4.78, 5) is 16.5. The van der Waals surface area contributed by atoms with E-state index in [0.717, 1.165) is 12.8 Å². The van der Waals surface area contributed by atoms with Gasteiger partial charge < -0.3 is 19.9 Å². The topological polar surface area (TPSA) is 80.7 Å². The molecule has 0 aliphatic heterocycles. The van der Waals surface area contributed by atoms with Gasteiger partial charge in [0.1, 0.15) is 0 Å². The molecule has 2 N–H and O–H groups in total. The Morgan fingerprint density at radius 3 is 2.44 bits per heavy atom. The van der Waals surface area contributed by atoms with Gasteiger partial charge in [-0.2, -0.15) is 0 Å². The van der Waals surface area contributed by atoms with Crippen molar-refractivity contribution in [3.05, 3.63) is 46.2 Å². The Kier molecular flexibility index (Phi) is 6.42. The Labute approximate surface area is 167 Å². The predicted molar refractivity (Wildman–Crippen MR) is 104 cm³/mol. The van der Waals surface area contributed by atoms with Crippen molar-refractivity contribution in [2.24, 2.45) is 0 Å². The molecule has 2 aromatic rings. The molecule has 144 valence electrons. The molecule has 0 bridgehead atoms. The van der Waals surface area contributed by atoms with Gasteiger partial charge in [0.2, 0.25) is 0 Å². The number of pyridine rings is 1. The van der Waals surface area contributed by atoms with Crippen LogP contribution >= 0.6 is 23.2 Å². The number of carbonyl (C=O) groups is 1. The number of anilines is 1. The van der Waals surface area contributed by atoms with Crippen LogP contribution in [0, 0.1) is 0 Å². The number of rotatable bonds is 5. The van der Waals surface area contributed by atoms with Crippen LogP contribution < -0.4 is 14.8 Å². The number of amides is 1. The summed E-state index contributed by atoms with van der Waals surface area (Å²) < 4.78 is 11.4. The third-order valence-corrected chi connectivity index (χ3v) is 5.03. The van der Waals surface area contributed by atoms with Crippen molar-refractivity contribution in [1.29, 1.82) is 0 Å². The van der Waals surface area contributed by atoms with Gasteiger partial charge in [0.25, 0.3) is 5.91 Å². The normalized spacial score (nSPS) is 19.4. The third-order valence-electron chi connectivity index (χ3n) is 4.46. The molecule has 1 amide bonds. The fraction of sp³-hybridized carbons (Fsp3) is 0.368. The van der Waals surface area contributed by atoms with Crippen molar-refractivity contribution in [3.63, 3.8) is 0 Å². The van der Waals surface area contributed by atoms with Crippen LogP contribution in [0.5, 0.6) is 11.5 Å². The molecule has 3 rings (SSSR count). The summed E-state index contributed by atoms with van der Waals surface area (Å²) in [5, 5.41) is 12.8. The van der Waals surface area contributed by atoms with Crippen molar-refractivity contribution >= 4 is 34.8 Å². The van der Waals surface area contributed by atoms with E-state index in [4.69, 9.17) is 32.7 Å². The minimum atomic E-state index is -0.378. The largest absolute Gasteiger partial charge is 0.493 e. The molecule has 1 fully saturated rings. The second kappa shape index (κ2) is 8.78. The second-order valence-electron chi connectivity index (χ2n) is 6.35. The summed E-state index contributed by atoms with van der Waals surface area (Å²) in [7, 11) is 1.54. The van der Waals surface area contributed by atoms with Crippen LogP contribution in [0.4, 0.5) is 5.69 Å². The SMILES string of the molecule is COc1ccc(C(=O)Nc2c(Cl)cncc2Cl)cc1OC1CCC(O)CC1. The fourth-order valence-corrected chi connectivity index (χ4v) is 3.43. The van der Waals surface area contributed by atoms with E-state index in [1.807, 2.05) is 0 Å². The van der Waals surface area contributed by atoms with Crippen LogP contribution in [-0.2, 0) is 0 Å². The van der Waals surface area contributed by atoms with Crippen molar-refractivity contribution < 1.29 is 19.4 Å². The number of aromatic nitrogens is 1. The lowest BCUT2D eigenvalue weighted by Gasteiger charge is -2.27. The van der Waals surface area contributed by atoms with Crippen LogP contribution in [-0.4, -0.2) is 35.3 Å². The summed E-state index contributed by atoms with van der Waals surface area (Å²) in [5.74, 6) is 0.646. The Morgan fingerprint density at radius 2 is 1.81 bits per heavy atom. The molecule has 0 atom stereocenters. The molecule has 1 heterocycles. The van der Waals surface area contributed by atoms with Gasteiger partial charge in [-0.05, 0) is 43.9 Å². The van der Waals surface area contributed by atoms with E-state index in [2.05, 4.69) is 10.3 Å². The van der Waals surface area contributed by atoms with Crippen molar-refractivity contribution in [2.75, 3.05) is 12.4 Å². The molecule has 6 nitrogen and oxygen atoms in total. The molecule has 0 unspecified atom stereocenters. The van der Waals surface area contributed by atoms with E-state index in [0.29, 0.717) is 35.6 Å². The van der Waals surface area contributed by atoms with E-state index >= 15 is 0 Å². The zero-order valence-electron chi connectivity index (χ0n) is 14.7. The van der Waals surface area contributed by atoms with Crippen LogP contribution in [0.3, 0.4) is 0 Å². The zero-order chi connectivity index (χ0) is 19.4. The molecule has 1 aliphatic carbocycles. The average molecular weight is 411 g/mol.